The molecule has 6 heteroatoms. The van der Waals surface area contributed by atoms with E-state index in [0.29, 0.717) is 19.1 Å². The first-order valence-electron chi connectivity index (χ1n) is 7.52. The lowest BCUT2D eigenvalue weighted by molar-refractivity contribution is -0.165. The van der Waals surface area contributed by atoms with Crippen LogP contribution in [0.25, 0.3) is 0 Å². The number of carbonyl (C=O) groups is 2. The standard InChI is InChI=1S/C16H25NO4S/c1-11(2)7-8-20-13(4)16(19)21-12(3)15(18)17-10-14-6-5-9-22-14/h5-6,9,11-13H,7-8,10H2,1-4H3,(H,17,18). The summed E-state index contributed by atoms with van der Waals surface area (Å²) in [4.78, 5) is 24.8. The maximum atomic E-state index is 11.9. The Morgan fingerprint density at radius 3 is 2.55 bits per heavy atom. The largest absolute Gasteiger partial charge is 0.451 e. The minimum atomic E-state index is -0.830. The van der Waals surface area contributed by atoms with E-state index in [4.69, 9.17) is 9.47 Å². The number of hydrogen-bond acceptors (Lipinski definition) is 5. The fraction of sp³-hybridized carbons (Fsp3) is 0.625. The van der Waals surface area contributed by atoms with E-state index in [1.807, 2.05) is 17.5 Å². The zero-order valence-electron chi connectivity index (χ0n) is 13.6. The highest BCUT2D eigenvalue weighted by atomic mass is 32.1. The molecule has 0 bridgehead atoms. The Labute approximate surface area is 136 Å². The third-order valence-corrected chi connectivity index (χ3v) is 3.95. The van der Waals surface area contributed by atoms with E-state index < -0.39 is 18.2 Å². The van der Waals surface area contributed by atoms with Crippen LogP contribution in [0.15, 0.2) is 17.5 Å². The maximum absolute atomic E-state index is 11.9. The van der Waals surface area contributed by atoms with E-state index in [9.17, 15) is 9.59 Å². The van der Waals surface area contributed by atoms with Gasteiger partial charge in [-0.1, -0.05) is 19.9 Å². The first kappa shape index (κ1) is 18.6. The summed E-state index contributed by atoms with van der Waals surface area (Å²) in [6.07, 6.45) is -0.607. The maximum Gasteiger partial charge on any atom is 0.335 e. The molecule has 0 saturated carbocycles. The highest BCUT2D eigenvalue weighted by Crippen LogP contribution is 2.08. The van der Waals surface area contributed by atoms with Crippen LogP contribution in [0.2, 0.25) is 0 Å². The first-order valence-corrected chi connectivity index (χ1v) is 8.40. The van der Waals surface area contributed by atoms with Crippen molar-refractivity contribution in [3.8, 4) is 0 Å². The number of ether oxygens (including phenoxy) is 2. The molecule has 22 heavy (non-hydrogen) atoms. The molecular formula is C16H25NO4S. The number of nitrogens with one attached hydrogen (secondary N) is 1. The van der Waals surface area contributed by atoms with E-state index >= 15 is 0 Å². The molecule has 0 aliphatic rings. The van der Waals surface area contributed by atoms with E-state index in [0.717, 1.165) is 11.3 Å². The third kappa shape index (κ3) is 7.04. The fourth-order valence-corrected chi connectivity index (χ4v) is 2.25. The topological polar surface area (TPSA) is 64.6 Å². The predicted molar refractivity (Wildman–Crippen MR) is 86.6 cm³/mol. The van der Waals surface area contributed by atoms with Crippen molar-refractivity contribution in [1.29, 1.82) is 0 Å². The van der Waals surface area contributed by atoms with Crippen molar-refractivity contribution in [2.45, 2.75) is 52.9 Å². The second-order valence-corrected chi connectivity index (χ2v) is 6.60. The summed E-state index contributed by atoms with van der Waals surface area (Å²) in [5.41, 5.74) is 0. The lowest BCUT2D eigenvalue weighted by atomic mass is 10.1. The molecule has 0 aliphatic heterocycles. The molecule has 0 spiro atoms. The Kier molecular flexibility index (Phi) is 8.12. The lowest BCUT2D eigenvalue weighted by Gasteiger charge is -2.17. The van der Waals surface area contributed by atoms with Gasteiger partial charge in [0.05, 0.1) is 6.54 Å². The Bertz CT molecular complexity index is 459. The highest BCUT2D eigenvalue weighted by Gasteiger charge is 2.22. The molecule has 1 heterocycles. The van der Waals surface area contributed by atoms with E-state index in [1.54, 1.807) is 25.2 Å². The van der Waals surface area contributed by atoms with Gasteiger partial charge in [0.25, 0.3) is 5.91 Å². The van der Waals surface area contributed by atoms with Gasteiger partial charge in [0.15, 0.2) is 12.2 Å². The lowest BCUT2D eigenvalue weighted by Crippen LogP contribution is -2.37. The van der Waals surface area contributed by atoms with Gasteiger partial charge in [-0.25, -0.2) is 4.79 Å². The molecule has 0 saturated heterocycles. The molecule has 124 valence electrons. The van der Waals surface area contributed by atoms with Crippen LogP contribution >= 0.6 is 11.3 Å². The second-order valence-electron chi connectivity index (χ2n) is 5.57. The molecule has 1 aromatic heterocycles. The number of rotatable bonds is 9. The van der Waals surface area contributed by atoms with Gasteiger partial charge in [0, 0.05) is 11.5 Å². The minimum Gasteiger partial charge on any atom is -0.451 e. The molecular weight excluding hydrogens is 302 g/mol. The summed E-state index contributed by atoms with van der Waals surface area (Å²) in [6.45, 7) is 8.33. The molecule has 5 nitrogen and oxygen atoms in total. The minimum absolute atomic E-state index is 0.309. The number of amides is 1. The van der Waals surface area contributed by atoms with Crippen LogP contribution in [-0.2, 0) is 25.6 Å². The highest BCUT2D eigenvalue weighted by molar-refractivity contribution is 7.09. The van der Waals surface area contributed by atoms with E-state index in [2.05, 4.69) is 19.2 Å². The Morgan fingerprint density at radius 1 is 1.23 bits per heavy atom. The van der Waals surface area contributed by atoms with Crippen molar-refractivity contribution in [2.75, 3.05) is 6.61 Å². The number of hydrogen-bond donors (Lipinski definition) is 1. The zero-order chi connectivity index (χ0) is 16.5. The normalized spacial score (nSPS) is 13.7. The number of esters is 1. The van der Waals surface area contributed by atoms with E-state index in [-0.39, 0.29) is 5.91 Å². The number of thiophene rings is 1. The van der Waals surface area contributed by atoms with Crippen LogP contribution in [0, 0.1) is 5.92 Å². The zero-order valence-corrected chi connectivity index (χ0v) is 14.4. The van der Waals surface area contributed by atoms with Gasteiger partial charge < -0.3 is 14.8 Å². The van der Waals surface area contributed by atoms with Gasteiger partial charge >= 0.3 is 5.97 Å². The Morgan fingerprint density at radius 2 is 1.95 bits per heavy atom. The van der Waals surface area contributed by atoms with Gasteiger partial charge in [0.1, 0.15) is 0 Å². The molecule has 1 rings (SSSR count). The van der Waals surface area contributed by atoms with Crippen molar-refractivity contribution >= 4 is 23.2 Å². The van der Waals surface area contributed by atoms with Crippen molar-refractivity contribution in [1.82, 2.24) is 5.32 Å². The van der Waals surface area contributed by atoms with Crippen molar-refractivity contribution in [3.05, 3.63) is 22.4 Å². The van der Waals surface area contributed by atoms with Crippen LogP contribution in [0.1, 0.15) is 39.0 Å². The third-order valence-electron chi connectivity index (χ3n) is 3.07. The van der Waals surface area contributed by atoms with Gasteiger partial charge in [-0.3, -0.25) is 4.79 Å². The molecule has 0 aromatic carbocycles. The Hall–Kier alpha value is -1.40. The molecule has 0 fully saturated rings. The van der Waals surface area contributed by atoms with Crippen molar-refractivity contribution < 1.29 is 19.1 Å². The summed E-state index contributed by atoms with van der Waals surface area (Å²) in [5.74, 6) is -0.302. The van der Waals surface area contributed by atoms with Gasteiger partial charge in [-0.2, -0.15) is 0 Å². The average molecular weight is 327 g/mol. The van der Waals surface area contributed by atoms with Crippen LogP contribution in [0.3, 0.4) is 0 Å². The first-order chi connectivity index (χ1) is 10.4. The average Bonchev–Trinajstić information content (AvgIpc) is 2.97. The van der Waals surface area contributed by atoms with E-state index in [1.165, 1.54) is 0 Å². The molecule has 0 radical (unpaired) electrons. The van der Waals surface area contributed by atoms with Crippen molar-refractivity contribution in [3.63, 3.8) is 0 Å². The van der Waals surface area contributed by atoms with Crippen LogP contribution in [0.5, 0.6) is 0 Å². The number of carbonyl (C=O) groups excluding carboxylic acids is 2. The quantitative estimate of drug-likeness (QED) is 0.708. The monoisotopic (exact) mass is 327 g/mol. The van der Waals surface area contributed by atoms with Crippen LogP contribution in [-0.4, -0.2) is 30.7 Å². The summed E-state index contributed by atoms with van der Waals surface area (Å²) in [7, 11) is 0. The summed E-state index contributed by atoms with van der Waals surface area (Å²) >= 11 is 1.56. The smallest absolute Gasteiger partial charge is 0.335 e. The van der Waals surface area contributed by atoms with Gasteiger partial charge in [-0.05, 0) is 37.6 Å². The SMILES string of the molecule is CC(C)CCOC(C)C(=O)OC(C)C(=O)NCc1cccs1. The van der Waals surface area contributed by atoms with Crippen molar-refractivity contribution in [2.24, 2.45) is 5.92 Å². The second kappa shape index (κ2) is 9.58. The Balaban J connectivity index is 2.28. The summed E-state index contributed by atoms with van der Waals surface area (Å²) in [5, 5.41) is 4.69. The molecule has 1 aromatic rings. The van der Waals surface area contributed by atoms with Crippen LogP contribution < -0.4 is 5.32 Å². The molecule has 1 amide bonds. The summed E-state index contributed by atoms with van der Waals surface area (Å²) in [6, 6.07) is 3.86. The fourth-order valence-electron chi connectivity index (χ4n) is 1.60. The molecule has 2 atom stereocenters. The summed E-state index contributed by atoms with van der Waals surface area (Å²) < 4.78 is 10.5. The molecule has 1 N–H and O–H groups in total. The van der Waals surface area contributed by atoms with Crippen LogP contribution in [0.4, 0.5) is 0 Å². The predicted octanol–water partition coefficient (Wildman–Crippen LogP) is 2.75. The molecule has 2 unspecified atom stereocenters. The molecule has 0 aliphatic carbocycles. The van der Waals surface area contributed by atoms with Gasteiger partial charge in [0.2, 0.25) is 0 Å². The van der Waals surface area contributed by atoms with Gasteiger partial charge in [-0.15, -0.1) is 11.3 Å².